The van der Waals surface area contributed by atoms with Crippen molar-refractivity contribution < 1.29 is 19.5 Å². The average molecular weight is 333 g/mol. The van der Waals surface area contributed by atoms with Gasteiger partial charge in [-0.15, -0.1) is 0 Å². The number of amides is 3. The van der Waals surface area contributed by atoms with E-state index in [0.717, 1.165) is 0 Å². The minimum absolute atomic E-state index is 0.0328. The number of rotatable bonds is 5. The largest absolute Gasteiger partial charge is 0.481 e. The normalized spacial score (nSPS) is 21.4. The topological polar surface area (TPSA) is 108 Å². The first-order chi connectivity index (χ1) is 11.5. The predicted octanol–water partition coefficient (Wildman–Crippen LogP) is 1.96. The Morgan fingerprint density at radius 2 is 1.71 bits per heavy atom. The molecule has 7 nitrogen and oxygen atoms in total. The second-order valence-corrected chi connectivity index (χ2v) is 6.08. The number of hydrogen-bond donors (Lipinski definition) is 4. The molecule has 3 amide bonds. The van der Waals surface area contributed by atoms with Gasteiger partial charge >= 0.3 is 12.0 Å². The summed E-state index contributed by atoms with van der Waals surface area (Å²) in [5.41, 5.74) is 0.648. The number of anilines is 1. The molecule has 130 valence electrons. The van der Waals surface area contributed by atoms with Crippen molar-refractivity contribution >= 4 is 23.6 Å². The van der Waals surface area contributed by atoms with E-state index in [1.807, 2.05) is 6.07 Å². The van der Waals surface area contributed by atoms with Gasteiger partial charge in [0.2, 0.25) is 5.91 Å². The van der Waals surface area contributed by atoms with Crippen LogP contribution in [0.5, 0.6) is 0 Å². The molecule has 1 fully saturated rings. The van der Waals surface area contributed by atoms with Crippen LogP contribution in [-0.4, -0.2) is 35.1 Å². The van der Waals surface area contributed by atoms with Crippen molar-refractivity contribution in [3.63, 3.8) is 0 Å². The average Bonchev–Trinajstić information content (AvgIpc) is 2.56. The van der Waals surface area contributed by atoms with Crippen molar-refractivity contribution in [2.75, 3.05) is 5.32 Å². The Morgan fingerprint density at radius 1 is 1.08 bits per heavy atom. The van der Waals surface area contributed by atoms with Crippen LogP contribution in [0.25, 0.3) is 0 Å². The lowest BCUT2D eigenvalue weighted by Crippen LogP contribution is -2.50. The second-order valence-electron chi connectivity index (χ2n) is 6.08. The third-order valence-corrected chi connectivity index (χ3v) is 4.20. The van der Waals surface area contributed by atoms with Crippen LogP contribution in [-0.2, 0) is 9.59 Å². The van der Waals surface area contributed by atoms with Gasteiger partial charge in [-0.2, -0.15) is 0 Å². The number of carboxylic acids is 1. The lowest BCUT2D eigenvalue weighted by atomic mass is 9.86. The molecule has 7 heteroatoms. The Hall–Kier alpha value is -2.57. The van der Waals surface area contributed by atoms with Crippen molar-refractivity contribution in [1.82, 2.24) is 10.6 Å². The minimum Gasteiger partial charge on any atom is -0.481 e. The summed E-state index contributed by atoms with van der Waals surface area (Å²) >= 11 is 0. The molecular weight excluding hydrogens is 310 g/mol. The molecule has 1 aliphatic rings. The fourth-order valence-corrected chi connectivity index (χ4v) is 2.76. The highest BCUT2D eigenvalue weighted by Gasteiger charge is 2.27. The van der Waals surface area contributed by atoms with E-state index in [-0.39, 0.29) is 17.9 Å². The van der Waals surface area contributed by atoms with Gasteiger partial charge in [0.1, 0.15) is 6.04 Å². The summed E-state index contributed by atoms with van der Waals surface area (Å²) in [6.07, 6.45) is 2.42. The van der Waals surface area contributed by atoms with Gasteiger partial charge in [-0.25, -0.2) is 4.79 Å². The van der Waals surface area contributed by atoms with E-state index in [4.69, 9.17) is 5.11 Å². The quantitative estimate of drug-likeness (QED) is 0.660. The van der Waals surface area contributed by atoms with E-state index >= 15 is 0 Å². The summed E-state index contributed by atoms with van der Waals surface area (Å²) in [5.74, 6) is -1.35. The molecule has 24 heavy (non-hydrogen) atoms. The maximum Gasteiger partial charge on any atom is 0.319 e. The van der Waals surface area contributed by atoms with E-state index in [2.05, 4.69) is 16.0 Å². The number of carbonyl (C=O) groups is 3. The van der Waals surface area contributed by atoms with Crippen LogP contribution < -0.4 is 16.0 Å². The lowest BCUT2D eigenvalue weighted by Gasteiger charge is -2.28. The standard InChI is InChI=1S/C17H23N3O4/c1-11(18-17(24)20-13-5-3-2-4-6-13)15(21)19-14-9-7-12(8-10-14)16(22)23/h2-6,11-12,14H,7-10H2,1H3,(H,19,21)(H,22,23)(H2,18,20,24). The Labute approximate surface area is 140 Å². The number of para-hydroxylation sites is 1. The number of carbonyl (C=O) groups excluding carboxylic acids is 2. The van der Waals surface area contributed by atoms with Gasteiger partial charge in [0, 0.05) is 11.7 Å². The molecule has 0 bridgehead atoms. The van der Waals surface area contributed by atoms with Crippen molar-refractivity contribution in [2.45, 2.75) is 44.7 Å². The molecule has 4 N–H and O–H groups in total. The fraction of sp³-hybridized carbons (Fsp3) is 0.471. The van der Waals surface area contributed by atoms with Crippen LogP contribution >= 0.6 is 0 Å². The SMILES string of the molecule is CC(NC(=O)Nc1ccccc1)C(=O)NC1CCC(C(=O)O)CC1. The molecule has 2 rings (SSSR count). The lowest BCUT2D eigenvalue weighted by molar-refractivity contribution is -0.142. The maximum atomic E-state index is 12.1. The third kappa shape index (κ3) is 5.26. The monoisotopic (exact) mass is 333 g/mol. The number of carboxylic acid groups (broad SMARTS) is 1. The zero-order valence-electron chi connectivity index (χ0n) is 13.6. The first-order valence-corrected chi connectivity index (χ1v) is 8.11. The molecular formula is C17H23N3O4. The van der Waals surface area contributed by atoms with E-state index < -0.39 is 18.0 Å². The maximum absolute atomic E-state index is 12.1. The number of hydrogen-bond acceptors (Lipinski definition) is 3. The number of benzene rings is 1. The Balaban J connectivity index is 1.74. The van der Waals surface area contributed by atoms with Crippen LogP contribution in [0.4, 0.5) is 10.5 Å². The van der Waals surface area contributed by atoms with E-state index in [0.29, 0.717) is 31.4 Å². The van der Waals surface area contributed by atoms with Gasteiger partial charge < -0.3 is 21.1 Å². The number of nitrogens with one attached hydrogen (secondary N) is 3. The number of aliphatic carboxylic acids is 1. The molecule has 1 saturated carbocycles. The smallest absolute Gasteiger partial charge is 0.319 e. The van der Waals surface area contributed by atoms with Crippen LogP contribution in [0.1, 0.15) is 32.6 Å². The van der Waals surface area contributed by atoms with Gasteiger partial charge in [-0.1, -0.05) is 18.2 Å². The van der Waals surface area contributed by atoms with E-state index in [1.54, 1.807) is 31.2 Å². The first kappa shape index (κ1) is 17.8. The summed E-state index contributed by atoms with van der Waals surface area (Å²) in [7, 11) is 0. The fourth-order valence-electron chi connectivity index (χ4n) is 2.76. The van der Waals surface area contributed by atoms with Crippen molar-refractivity contribution in [1.29, 1.82) is 0 Å². The molecule has 0 heterocycles. The Bertz CT molecular complexity index is 583. The summed E-state index contributed by atoms with van der Waals surface area (Å²) in [5, 5.41) is 17.1. The van der Waals surface area contributed by atoms with Gasteiger partial charge in [0.05, 0.1) is 5.92 Å². The van der Waals surface area contributed by atoms with Crippen molar-refractivity contribution in [2.24, 2.45) is 5.92 Å². The minimum atomic E-state index is -0.771. The highest BCUT2D eigenvalue weighted by atomic mass is 16.4. The second kappa shape index (κ2) is 8.33. The third-order valence-electron chi connectivity index (χ3n) is 4.20. The molecule has 0 aromatic heterocycles. The van der Waals surface area contributed by atoms with Crippen LogP contribution in [0, 0.1) is 5.92 Å². The zero-order chi connectivity index (χ0) is 17.5. The predicted molar refractivity (Wildman–Crippen MR) is 89.6 cm³/mol. The summed E-state index contributed by atoms with van der Waals surface area (Å²) < 4.78 is 0. The van der Waals surface area contributed by atoms with Gasteiger partial charge in [0.25, 0.3) is 0 Å². The van der Waals surface area contributed by atoms with Crippen molar-refractivity contribution in [3.8, 4) is 0 Å². The summed E-state index contributed by atoms with van der Waals surface area (Å²) in [4.78, 5) is 34.9. The molecule has 1 unspecified atom stereocenters. The van der Waals surface area contributed by atoms with Crippen LogP contribution in [0.2, 0.25) is 0 Å². The van der Waals surface area contributed by atoms with E-state index in [1.165, 1.54) is 0 Å². The number of urea groups is 1. The molecule has 0 spiro atoms. The molecule has 1 atom stereocenters. The molecule has 0 radical (unpaired) electrons. The van der Waals surface area contributed by atoms with Crippen molar-refractivity contribution in [3.05, 3.63) is 30.3 Å². The first-order valence-electron chi connectivity index (χ1n) is 8.11. The zero-order valence-corrected chi connectivity index (χ0v) is 13.6. The highest BCUT2D eigenvalue weighted by molar-refractivity contribution is 5.93. The van der Waals surface area contributed by atoms with Gasteiger partial charge in [-0.05, 0) is 44.7 Å². The molecule has 1 aliphatic carbocycles. The molecule has 1 aromatic carbocycles. The van der Waals surface area contributed by atoms with E-state index in [9.17, 15) is 14.4 Å². The Kier molecular flexibility index (Phi) is 6.17. The molecule has 1 aromatic rings. The molecule has 0 saturated heterocycles. The molecule has 0 aliphatic heterocycles. The summed E-state index contributed by atoms with van der Waals surface area (Å²) in [6, 6.07) is 7.81. The van der Waals surface area contributed by atoms with Crippen LogP contribution in [0.3, 0.4) is 0 Å². The van der Waals surface area contributed by atoms with Gasteiger partial charge in [-0.3, -0.25) is 9.59 Å². The summed E-state index contributed by atoms with van der Waals surface area (Å²) in [6.45, 7) is 1.61. The highest BCUT2D eigenvalue weighted by Crippen LogP contribution is 2.24. The van der Waals surface area contributed by atoms with Gasteiger partial charge in [0.15, 0.2) is 0 Å². The van der Waals surface area contributed by atoms with Crippen LogP contribution in [0.15, 0.2) is 30.3 Å². The Morgan fingerprint density at radius 3 is 2.29 bits per heavy atom.